The van der Waals surface area contributed by atoms with Crippen molar-refractivity contribution in [3.05, 3.63) is 0 Å². The first kappa shape index (κ1) is 11.4. The summed E-state index contributed by atoms with van der Waals surface area (Å²) in [5, 5.41) is 3.07. The molecular formula is C9H19N3O2. The number of morpholine rings is 1. The molecule has 0 aromatic rings. The number of nitrogens with two attached hydrogens (primary N) is 1. The summed E-state index contributed by atoms with van der Waals surface area (Å²) in [5.74, 6) is 0.158. The minimum atomic E-state index is 0.158. The van der Waals surface area contributed by atoms with Crippen molar-refractivity contribution < 1.29 is 9.53 Å². The third kappa shape index (κ3) is 4.04. The van der Waals surface area contributed by atoms with E-state index in [2.05, 4.69) is 5.32 Å². The molecule has 1 heterocycles. The zero-order valence-electron chi connectivity index (χ0n) is 8.50. The molecule has 1 amide bonds. The first-order chi connectivity index (χ1) is 6.84. The van der Waals surface area contributed by atoms with E-state index < -0.39 is 0 Å². The van der Waals surface area contributed by atoms with E-state index in [1.807, 2.05) is 4.90 Å². The second kappa shape index (κ2) is 6.75. The molecule has 14 heavy (non-hydrogen) atoms. The molecule has 1 aliphatic heterocycles. The molecule has 1 rings (SSSR count). The minimum absolute atomic E-state index is 0.158. The Morgan fingerprint density at radius 3 is 2.79 bits per heavy atom. The van der Waals surface area contributed by atoms with Gasteiger partial charge in [0.2, 0.25) is 5.91 Å². The van der Waals surface area contributed by atoms with Gasteiger partial charge in [0.1, 0.15) is 0 Å². The second-order valence-corrected chi connectivity index (χ2v) is 3.31. The van der Waals surface area contributed by atoms with Crippen LogP contribution in [0.1, 0.15) is 6.42 Å². The number of rotatable bonds is 5. The lowest BCUT2D eigenvalue weighted by Gasteiger charge is -2.26. The average molecular weight is 201 g/mol. The van der Waals surface area contributed by atoms with Crippen LogP contribution in [0.5, 0.6) is 0 Å². The molecule has 0 atom stereocenters. The fourth-order valence-electron chi connectivity index (χ4n) is 1.35. The standard InChI is InChI=1S/C9H19N3O2/c10-2-1-3-11-8-9(13)12-4-6-14-7-5-12/h11H,1-8,10H2. The molecular weight excluding hydrogens is 182 g/mol. The van der Waals surface area contributed by atoms with Crippen molar-refractivity contribution in [3.63, 3.8) is 0 Å². The molecule has 82 valence electrons. The van der Waals surface area contributed by atoms with E-state index in [0.29, 0.717) is 26.3 Å². The fraction of sp³-hybridized carbons (Fsp3) is 0.889. The van der Waals surface area contributed by atoms with Gasteiger partial charge in [-0.3, -0.25) is 4.79 Å². The fourth-order valence-corrected chi connectivity index (χ4v) is 1.35. The highest BCUT2D eigenvalue weighted by atomic mass is 16.5. The van der Waals surface area contributed by atoms with Crippen molar-refractivity contribution in [1.82, 2.24) is 10.2 Å². The van der Waals surface area contributed by atoms with Gasteiger partial charge in [-0.15, -0.1) is 0 Å². The van der Waals surface area contributed by atoms with E-state index in [0.717, 1.165) is 26.1 Å². The van der Waals surface area contributed by atoms with Crippen LogP contribution in [0.3, 0.4) is 0 Å². The predicted molar refractivity (Wildman–Crippen MR) is 53.9 cm³/mol. The molecule has 1 fully saturated rings. The molecule has 0 radical (unpaired) electrons. The molecule has 0 spiro atoms. The summed E-state index contributed by atoms with van der Waals surface area (Å²) >= 11 is 0. The maximum atomic E-state index is 11.5. The van der Waals surface area contributed by atoms with Gasteiger partial charge in [-0.25, -0.2) is 0 Å². The van der Waals surface area contributed by atoms with Gasteiger partial charge in [-0.2, -0.15) is 0 Å². The van der Waals surface area contributed by atoms with Gasteiger partial charge in [-0.05, 0) is 19.5 Å². The first-order valence-corrected chi connectivity index (χ1v) is 5.11. The Morgan fingerprint density at radius 1 is 1.43 bits per heavy atom. The van der Waals surface area contributed by atoms with E-state index in [4.69, 9.17) is 10.5 Å². The molecule has 0 aromatic heterocycles. The number of ether oxygens (including phenoxy) is 1. The Bertz CT molecular complexity index is 169. The predicted octanol–water partition coefficient (Wildman–Crippen LogP) is -1.22. The van der Waals surface area contributed by atoms with Gasteiger partial charge >= 0.3 is 0 Å². The maximum absolute atomic E-state index is 11.5. The monoisotopic (exact) mass is 201 g/mol. The summed E-state index contributed by atoms with van der Waals surface area (Å²) in [6.45, 7) is 4.66. The van der Waals surface area contributed by atoms with Crippen molar-refractivity contribution in [2.75, 3.05) is 45.9 Å². The maximum Gasteiger partial charge on any atom is 0.236 e. The van der Waals surface area contributed by atoms with E-state index in [1.54, 1.807) is 0 Å². The molecule has 0 aromatic carbocycles. The SMILES string of the molecule is NCCCNCC(=O)N1CCOCC1. The summed E-state index contributed by atoms with van der Waals surface area (Å²) in [6.07, 6.45) is 0.913. The highest BCUT2D eigenvalue weighted by Crippen LogP contribution is 1.96. The number of hydrogen-bond donors (Lipinski definition) is 2. The highest BCUT2D eigenvalue weighted by Gasteiger charge is 2.15. The normalized spacial score (nSPS) is 17.1. The van der Waals surface area contributed by atoms with Crippen LogP contribution in [0.4, 0.5) is 0 Å². The lowest BCUT2D eigenvalue weighted by atomic mass is 10.4. The molecule has 0 unspecified atom stereocenters. The first-order valence-electron chi connectivity index (χ1n) is 5.11. The molecule has 5 nitrogen and oxygen atoms in total. The van der Waals surface area contributed by atoms with Gasteiger partial charge in [-0.1, -0.05) is 0 Å². The van der Waals surface area contributed by atoms with Crippen LogP contribution >= 0.6 is 0 Å². The summed E-state index contributed by atoms with van der Waals surface area (Å²) in [4.78, 5) is 13.4. The number of carbonyl (C=O) groups is 1. The van der Waals surface area contributed by atoms with Crippen LogP contribution < -0.4 is 11.1 Å². The van der Waals surface area contributed by atoms with Crippen LogP contribution in [0, 0.1) is 0 Å². The Balaban J connectivity index is 2.07. The van der Waals surface area contributed by atoms with E-state index >= 15 is 0 Å². The number of carbonyl (C=O) groups excluding carboxylic acids is 1. The lowest BCUT2D eigenvalue weighted by Crippen LogP contribution is -2.44. The summed E-state index contributed by atoms with van der Waals surface area (Å²) in [6, 6.07) is 0. The Hall–Kier alpha value is -0.650. The smallest absolute Gasteiger partial charge is 0.236 e. The second-order valence-electron chi connectivity index (χ2n) is 3.31. The summed E-state index contributed by atoms with van der Waals surface area (Å²) in [7, 11) is 0. The van der Waals surface area contributed by atoms with Gasteiger partial charge in [0, 0.05) is 13.1 Å². The van der Waals surface area contributed by atoms with Crippen molar-refractivity contribution >= 4 is 5.91 Å². The van der Waals surface area contributed by atoms with Crippen LogP contribution in [0.2, 0.25) is 0 Å². The average Bonchev–Trinajstić information content (AvgIpc) is 2.25. The molecule has 0 aliphatic carbocycles. The topological polar surface area (TPSA) is 67.6 Å². The summed E-state index contributed by atoms with van der Waals surface area (Å²) < 4.78 is 5.16. The number of nitrogens with zero attached hydrogens (tertiary/aromatic N) is 1. The number of nitrogens with one attached hydrogen (secondary N) is 1. The lowest BCUT2D eigenvalue weighted by molar-refractivity contribution is -0.134. The zero-order chi connectivity index (χ0) is 10.2. The van der Waals surface area contributed by atoms with Crippen LogP contribution in [0.25, 0.3) is 0 Å². The van der Waals surface area contributed by atoms with Gasteiger partial charge in [0.25, 0.3) is 0 Å². The Kier molecular flexibility index (Phi) is 5.51. The van der Waals surface area contributed by atoms with Gasteiger partial charge in [0.05, 0.1) is 19.8 Å². The Morgan fingerprint density at radius 2 is 2.14 bits per heavy atom. The van der Waals surface area contributed by atoms with Gasteiger partial charge in [0.15, 0.2) is 0 Å². The van der Waals surface area contributed by atoms with Crippen LogP contribution in [-0.4, -0.2) is 56.7 Å². The van der Waals surface area contributed by atoms with Gasteiger partial charge < -0.3 is 20.7 Å². The highest BCUT2D eigenvalue weighted by molar-refractivity contribution is 5.78. The van der Waals surface area contributed by atoms with E-state index in [-0.39, 0.29) is 5.91 Å². The number of hydrogen-bond acceptors (Lipinski definition) is 4. The third-order valence-corrected chi connectivity index (χ3v) is 2.20. The van der Waals surface area contributed by atoms with E-state index in [1.165, 1.54) is 0 Å². The largest absolute Gasteiger partial charge is 0.378 e. The molecule has 0 bridgehead atoms. The molecule has 1 saturated heterocycles. The van der Waals surface area contributed by atoms with E-state index in [9.17, 15) is 4.79 Å². The summed E-state index contributed by atoms with van der Waals surface area (Å²) in [5.41, 5.74) is 5.34. The van der Waals surface area contributed by atoms with Crippen LogP contribution in [0.15, 0.2) is 0 Å². The van der Waals surface area contributed by atoms with Crippen molar-refractivity contribution in [1.29, 1.82) is 0 Å². The Labute approximate surface area is 84.6 Å². The van der Waals surface area contributed by atoms with Crippen LogP contribution in [-0.2, 0) is 9.53 Å². The van der Waals surface area contributed by atoms with Crippen molar-refractivity contribution in [2.45, 2.75) is 6.42 Å². The quantitative estimate of drug-likeness (QED) is 0.547. The molecule has 3 N–H and O–H groups in total. The van der Waals surface area contributed by atoms with Crippen molar-refractivity contribution in [2.24, 2.45) is 5.73 Å². The third-order valence-electron chi connectivity index (χ3n) is 2.20. The molecule has 1 aliphatic rings. The minimum Gasteiger partial charge on any atom is -0.378 e. The molecule has 0 saturated carbocycles. The molecule has 5 heteroatoms. The van der Waals surface area contributed by atoms with Crippen molar-refractivity contribution in [3.8, 4) is 0 Å². The number of amides is 1. The zero-order valence-corrected chi connectivity index (χ0v) is 8.50.